The fraction of sp³-hybridized carbons (Fsp3) is 1.00. The summed E-state index contributed by atoms with van der Waals surface area (Å²) in [6.45, 7) is 11.1. The normalized spacial score (nSPS) is 41.0. The van der Waals surface area contributed by atoms with Crippen LogP contribution in [0.2, 0.25) is 0 Å². The molecule has 2 saturated carbocycles. The SMILES string of the molecule is CCNC1C(CN2CCCC3CCCC32)CCC1(C)C. The number of hydrogen-bond acceptors (Lipinski definition) is 2. The Labute approximate surface area is 125 Å². The maximum absolute atomic E-state index is 3.81. The summed E-state index contributed by atoms with van der Waals surface area (Å²) in [6.07, 6.45) is 10.3. The third kappa shape index (κ3) is 2.78. The van der Waals surface area contributed by atoms with Gasteiger partial charge in [-0.05, 0) is 68.9 Å². The van der Waals surface area contributed by atoms with Gasteiger partial charge in [-0.15, -0.1) is 0 Å². The third-order valence-corrected chi connectivity index (χ3v) is 6.47. The molecule has 2 nitrogen and oxygen atoms in total. The van der Waals surface area contributed by atoms with E-state index in [0.717, 1.165) is 30.5 Å². The molecule has 2 heteroatoms. The van der Waals surface area contributed by atoms with E-state index in [9.17, 15) is 0 Å². The molecule has 0 spiro atoms. The monoisotopic (exact) mass is 278 g/mol. The Bertz CT molecular complexity index is 325. The van der Waals surface area contributed by atoms with E-state index in [2.05, 4.69) is 31.0 Å². The number of fused-ring (bicyclic) bond motifs is 1. The van der Waals surface area contributed by atoms with Crippen LogP contribution >= 0.6 is 0 Å². The lowest BCUT2D eigenvalue weighted by Crippen LogP contribution is -2.50. The van der Waals surface area contributed by atoms with E-state index >= 15 is 0 Å². The van der Waals surface area contributed by atoms with E-state index in [0.29, 0.717) is 5.41 Å². The van der Waals surface area contributed by atoms with E-state index < -0.39 is 0 Å². The molecule has 3 rings (SSSR count). The number of hydrogen-bond donors (Lipinski definition) is 1. The van der Waals surface area contributed by atoms with Crippen LogP contribution < -0.4 is 5.32 Å². The number of rotatable bonds is 4. The minimum Gasteiger partial charge on any atom is -0.313 e. The van der Waals surface area contributed by atoms with Crippen LogP contribution in [0.4, 0.5) is 0 Å². The topological polar surface area (TPSA) is 15.3 Å². The largest absolute Gasteiger partial charge is 0.313 e. The van der Waals surface area contributed by atoms with Gasteiger partial charge < -0.3 is 5.32 Å². The van der Waals surface area contributed by atoms with E-state index in [1.165, 1.54) is 58.0 Å². The molecule has 0 amide bonds. The maximum atomic E-state index is 3.81. The highest BCUT2D eigenvalue weighted by atomic mass is 15.2. The van der Waals surface area contributed by atoms with Gasteiger partial charge in [0.1, 0.15) is 0 Å². The van der Waals surface area contributed by atoms with Crippen molar-refractivity contribution in [2.75, 3.05) is 19.6 Å². The van der Waals surface area contributed by atoms with Crippen molar-refractivity contribution >= 4 is 0 Å². The zero-order valence-electron chi connectivity index (χ0n) is 13.8. The van der Waals surface area contributed by atoms with Crippen molar-refractivity contribution in [2.45, 2.75) is 77.8 Å². The Morgan fingerprint density at radius 2 is 1.90 bits per heavy atom. The Morgan fingerprint density at radius 1 is 1.10 bits per heavy atom. The van der Waals surface area contributed by atoms with Crippen molar-refractivity contribution in [2.24, 2.45) is 17.3 Å². The van der Waals surface area contributed by atoms with Crippen LogP contribution in [-0.4, -0.2) is 36.6 Å². The maximum Gasteiger partial charge on any atom is 0.0159 e. The van der Waals surface area contributed by atoms with Crippen molar-refractivity contribution < 1.29 is 0 Å². The molecule has 0 bridgehead atoms. The van der Waals surface area contributed by atoms with Crippen molar-refractivity contribution in [1.82, 2.24) is 10.2 Å². The lowest BCUT2D eigenvalue weighted by atomic mass is 9.84. The molecule has 20 heavy (non-hydrogen) atoms. The predicted octanol–water partition coefficient (Wildman–Crippen LogP) is 3.67. The molecule has 4 atom stereocenters. The summed E-state index contributed by atoms with van der Waals surface area (Å²) in [4.78, 5) is 2.89. The molecule has 1 N–H and O–H groups in total. The zero-order valence-corrected chi connectivity index (χ0v) is 13.8. The van der Waals surface area contributed by atoms with Gasteiger partial charge in [-0.1, -0.05) is 27.2 Å². The Morgan fingerprint density at radius 3 is 2.70 bits per heavy atom. The van der Waals surface area contributed by atoms with E-state index in [4.69, 9.17) is 0 Å². The Hall–Kier alpha value is -0.0800. The first-order chi connectivity index (χ1) is 9.62. The summed E-state index contributed by atoms with van der Waals surface area (Å²) >= 11 is 0. The van der Waals surface area contributed by atoms with Gasteiger partial charge in [0.05, 0.1) is 0 Å². The van der Waals surface area contributed by atoms with E-state index in [1.54, 1.807) is 0 Å². The molecule has 0 aromatic carbocycles. The first-order valence-electron chi connectivity index (χ1n) is 9.09. The van der Waals surface area contributed by atoms with Crippen LogP contribution in [0.25, 0.3) is 0 Å². The molecule has 0 aromatic rings. The molecular weight excluding hydrogens is 244 g/mol. The van der Waals surface area contributed by atoms with Crippen molar-refractivity contribution in [3.8, 4) is 0 Å². The highest BCUT2D eigenvalue weighted by molar-refractivity contribution is 4.99. The average molecular weight is 278 g/mol. The molecule has 116 valence electrons. The zero-order chi connectivity index (χ0) is 14.2. The minimum absolute atomic E-state index is 0.492. The van der Waals surface area contributed by atoms with Gasteiger partial charge in [0.15, 0.2) is 0 Å². The number of piperidine rings is 1. The quantitative estimate of drug-likeness (QED) is 0.844. The van der Waals surface area contributed by atoms with E-state index in [1.807, 2.05) is 0 Å². The van der Waals surface area contributed by atoms with E-state index in [-0.39, 0.29) is 0 Å². The van der Waals surface area contributed by atoms with Crippen LogP contribution in [0.5, 0.6) is 0 Å². The molecular formula is C18H34N2. The summed E-state index contributed by atoms with van der Waals surface area (Å²) in [6, 6.07) is 1.67. The number of nitrogens with zero attached hydrogens (tertiary/aromatic N) is 1. The molecule has 2 aliphatic carbocycles. The second-order valence-corrected chi connectivity index (χ2v) is 8.22. The fourth-order valence-corrected chi connectivity index (χ4v) is 5.46. The molecule has 1 heterocycles. The van der Waals surface area contributed by atoms with Gasteiger partial charge in [0.25, 0.3) is 0 Å². The van der Waals surface area contributed by atoms with Crippen LogP contribution in [0.3, 0.4) is 0 Å². The number of likely N-dealkylation sites (tertiary alicyclic amines) is 1. The van der Waals surface area contributed by atoms with Crippen LogP contribution in [0.1, 0.15) is 65.7 Å². The summed E-state index contributed by atoms with van der Waals surface area (Å²) in [7, 11) is 0. The van der Waals surface area contributed by atoms with Gasteiger partial charge in [0, 0.05) is 18.6 Å². The summed E-state index contributed by atoms with van der Waals surface area (Å²) in [5.74, 6) is 1.92. The molecule has 0 aromatic heterocycles. The second kappa shape index (κ2) is 5.96. The van der Waals surface area contributed by atoms with Crippen LogP contribution in [-0.2, 0) is 0 Å². The summed E-state index contributed by atoms with van der Waals surface area (Å²) in [5, 5.41) is 3.81. The second-order valence-electron chi connectivity index (χ2n) is 8.22. The van der Waals surface area contributed by atoms with Crippen molar-refractivity contribution in [3.63, 3.8) is 0 Å². The third-order valence-electron chi connectivity index (χ3n) is 6.47. The Balaban J connectivity index is 1.64. The van der Waals surface area contributed by atoms with Crippen molar-refractivity contribution in [1.29, 1.82) is 0 Å². The highest BCUT2D eigenvalue weighted by Gasteiger charge is 2.43. The fourth-order valence-electron chi connectivity index (χ4n) is 5.46. The molecule has 3 aliphatic rings. The lowest BCUT2D eigenvalue weighted by Gasteiger charge is -2.41. The molecule has 3 fully saturated rings. The molecule has 1 aliphatic heterocycles. The van der Waals surface area contributed by atoms with Crippen LogP contribution in [0.15, 0.2) is 0 Å². The lowest BCUT2D eigenvalue weighted by molar-refractivity contribution is 0.0845. The smallest absolute Gasteiger partial charge is 0.0159 e. The molecule has 1 saturated heterocycles. The standard InChI is InChI=1S/C18H34N2/c1-4-19-17-15(10-11-18(17,2)3)13-20-12-6-8-14-7-5-9-16(14)20/h14-17,19H,4-13H2,1-3H3. The van der Waals surface area contributed by atoms with Crippen molar-refractivity contribution in [3.05, 3.63) is 0 Å². The predicted molar refractivity (Wildman–Crippen MR) is 85.9 cm³/mol. The van der Waals surface area contributed by atoms with Gasteiger partial charge in [-0.3, -0.25) is 4.90 Å². The van der Waals surface area contributed by atoms with Gasteiger partial charge >= 0.3 is 0 Å². The van der Waals surface area contributed by atoms with Gasteiger partial charge in [-0.25, -0.2) is 0 Å². The first kappa shape index (κ1) is 14.8. The average Bonchev–Trinajstić information content (AvgIpc) is 2.99. The molecule has 4 unspecified atom stereocenters. The summed E-state index contributed by atoms with van der Waals surface area (Å²) < 4.78 is 0. The van der Waals surface area contributed by atoms with Gasteiger partial charge in [-0.2, -0.15) is 0 Å². The first-order valence-corrected chi connectivity index (χ1v) is 9.09. The molecule has 0 radical (unpaired) electrons. The highest BCUT2D eigenvalue weighted by Crippen LogP contribution is 2.43. The van der Waals surface area contributed by atoms with Gasteiger partial charge in [0.2, 0.25) is 0 Å². The Kier molecular flexibility index (Phi) is 4.42. The van der Waals surface area contributed by atoms with Crippen LogP contribution in [0, 0.1) is 17.3 Å². The summed E-state index contributed by atoms with van der Waals surface area (Å²) in [5.41, 5.74) is 0.492. The number of nitrogens with one attached hydrogen (secondary N) is 1. The minimum atomic E-state index is 0.492.